The van der Waals surface area contributed by atoms with E-state index < -0.39 is 0 Å². The highest BCUT2D eigenvalue weighted by Crippen LogP contribution is 2.16. The molecule has 1 aromatic rings. The van der Waals surface area contributed by atoms with Gasteiger partial charge in [0.1, 0.15) is 12.4 Å². The van der Waals surface area contributed by atoms with E-state index in [0.717, 1.165) is 42.2 Å². The van der Waals surface area contributed by atoms with Crippen LogP contribution in [0.2, 0.25) is 0 Å². The van der Waals surface area contributed by atoms with E-state index in [1.54, 1.807) is 0 Å². The molecule has 2 rings (SSSR count). The van der Waals surface area contributed by atoms with Gasteiger partial charge in [0.05, 0.1) is 5.71 Å². The first-order chi connectivity index (χ1) is 9.24. The van der Waals surface area contributed by atoms with Gasteiger partial charge in [-0.1, -0.05) is 12.7 Å². The maximum absolute atomic E-state index is 5.73. The van der Waals surface area contributed by atoms with Crippen molar-refractivity contribution in [2.45, 2.75) is 19.8 Å². The highest BCUT2D eigenvalue weighted by molar-refractivity contribution is 5.96. The maximum Gasteiger partial charge on any atom is 0.130 e. The summed E-state index contributed by atoms with van der Waals surface area (Å²) in [5, 5.41) is 3.16. The van der Waals surface area contributed by atoms with Crippen molar-refractivity contribution in [1.82, 2.24) is 0 Å². The molecule has 0 radical (unpaired) electrons. The average Bonchev–Trinajstić information content (AvgIpc) is 2.66. The molecule has 1 aliphatic heterocycles. The van der Waals surface area contributed by atoms with Gasteiger partial charge in [-0.2, -0.15) is 0 Å². The van der Waals surface area contributed by atoms with Crippen LogP contribution in [0.4, 0.5) is 5.69 Å². The third-order valence-electron chi connectivity index (χ3n) is 2.75. The molecule has 1 N–H and O–H groups in total. The summed E-state index contributed by atoms with van der Waals surface area (Å²) >= 11 is 0. The number of anilines is 1. The first-order valence-electron chi connectivity index (χ1n) is 6.59. The zero-order chi connectivity index (χ0) is 13.5. The van der Waals surface area contributed by atoms with Gasteiger partial charge in [0.2, 0.25) is 0 Å². The molecule has 0 amide bonds. The highest BCUT2D eigenvalue weighted by Gasteiger charge is 2.00. The van der Waals surface area contributed by atoms with Crippen LogP contribution in [-0.2, 0) is 0 Å². The Labute approximate surface area is 114 Å². The van der Waals surface area contributed by atoms with Crippen LogP contribution >= 0.6 is 0 Å². The molecule has 0 spiro atoms. The lowest BCUT2D eigenvalue weighted by Gasteiger charge is -2.08. The Morgan fingerprint density at radius 3 is 2.89 bits per heavy atom. The van der Waals surface area contributed by atoms with Gasteiger partial charge in [-0.25, -0.2) is 0 Å². The molecule has 0 saturated carbocycles. The van der Waals surface area contributed by atoms with Crippen molar-refractivity contribution in [2.75, 3.05) is 18.5 Å². The number of ether oxygens (including phenoxy) is 1. The van der Waals surface area contributed by atoms with E-state index in [1.165, 1.54) is 0 Å². The first kappa shape index (κ1) is 13.4. The molecule has 3 heteroatoms. The van der Waals surface area contributed by atoms with Crippen molar-refractivity contribution in [1.29, 1.82) is 0 Å². The first-order valence-corrected chi connectivity index (χ1v) is 6.59. The Morgan fingerprint density at radius 2 is 2.16 bits per heavy atom. The van der Waals surface area contributed by atoms with E-state index in [1.807, 2.05) is 31.2 Å². The van der Waals surface area contributed by atoms with E-state index in [0.29, 0.717) is 6.61 Å². The fourth-order valence-electron chi connectivity index (χ4n) is 1.84. The van der Waals surface area contributed by atoms with Gasteiger partial charge in [0.15, 0.2) is 0 Å². The molecule has 19 heavy (non-hydrogen) atoms. The summed E-state index contributed by atoms with van der Waals surface area (Å²) in [6.45, 7) is 7.17. The molecule has 100 valence electrons. The van der Waals surface area contributed by atoms with Gasteiger partial charge in [0.25, 0.3) is 0 Å². The predicted octanol–water partition coefficient (Wildman–Crippen LogP) is 3.80. The minimum Gasteiger partial charge on any atom is -0.487 e. The van der Waals surface area contributed by atoms with Crippen LogP contribution < -0.4 is 10.1 Å². The summed E-state index contributed by atoms with van der Waals surface area (Å²) in [7, 11) is 0. The number of nitrogens with zero attached hydrogens (tertiary/aromatic N) is 1. The Balaban J connectivity index is 1.89. The number of benzene rings is 1. The van der Waals surface area contributed by atoms with Crippen LogP contribution in [0.5, 0.6) is 5.75 Å². The van der Waals surface area contributed by atoms with Gasteiger partial charge in [-0.3, -0.25) is 4.99 Å². The fraction of sp³-hybridized carbons (Fsp3) is 0.312. The Morgan fingerprint density at radius 1 is 1.37 bits per heavy atom. The molecule has 0 bridgehead atoms. The lowest BCUT2D eigenvalue weighted by Crippen LogP contribution is -2.09. The minimum atomic E-state index is 0.532. The minimum absolute atomic E-state index is 0.532. The predicted molar refractivity (Wildman–Crippen MR) is 81.0 cm³/mol. The number of aliphatic imine (C=N–C) groups is 1. The molecule has 3 nitrogen and oxygen atoms in total. The van der Waals surface area contributed by atoms with E-state index >= 15 is 0 Å². The monoisotopic (exact) mass is 256 g/mol. The number of allylic oxidation sites excluding steroid dienone is 2. The zero-order valence-corrected chi connectivity index (χ0v) is 11.4. The van der Waals surface area contributed by atoms with E-state index in [4.69, 9.17) is 4.74 Å². The molecular formula is C16H20N2O. The van der Waals surface area contributed by atoms with Gasteiger partial charge in [-0.05, 0) is 50.1 Å². The van der Waals surface area contributed by atoms with Gasteiger partial charge in [-0.15, -0.1) is 0 Å². The Bertz CT molecular complexity index is 486. The second-order valence-electron chi connectivity index (χ2n) is 4.64. The van der Waals surface area contributed by atoms with Crippen LogP contribution in [0.15, 0.2) is 53.7 Å². The molecule has 1 aromatic carbocycles. The van der Waals surface area contributed by atoms with Gasteiger partial charge in [0, 0.05) is 17.9 Å². The molecular weight excluding hydrogens is 236 g/mol. The summed E-state index contributed by atoms with van der Waals surface area (Å²) in [5.41, 5.74) is 2.96. The van der Waals surface area contributed by atoms with Crippen LogP contribution in [0.1, 0.15) is 19.8 Å². The third-order valence-corrected chi connectivity index (χ3v) is 2.75. The fourth-order valence-corrected chi connectivity index (χ4v) is 1.84. The number of rotatable bonds is 5. The van der Waals surface area contributed by atoms with Crippen molar-refractivity contribution in [3.05, 3.63) is 48.7 Å². The van der Waals surface area contributed by atoms with E-state index in [9.17, 15) is 0 Å². The summed E-state index contributed by atoms with van der Waals surface area (Å²) in [6.07, 6.45) is 6.45. The van der Waals surface area contributed by atoms with Crippen molar-refractivity contribution in [3.63, 3.8) is 0 Å². The number of hydrogen-bond acceptors (Lipinski definition) is 3. The van der Waals surface area contributed by atoms with Crippen molar-refractivity contribution < 1.29 is 4.74 Å². The summed E-state index contributed by atoms with van der Waals surface area (Å²) < 4.78 is 5.73. The zero-order valence-electron chi connectivity index (χ0n) is 11.4. The van der Waals surface area contributed by atoms with Crippen LogP contribution in [0, 0.1) is 0 Å². The second-order valence-corrected chi connectivity index (χ2v) is 4.64. The van der Waals surface area contributed by atoms with Gasteiger partial charge >= 0.3 is 0 Å². The quantitative estimate of drug-likeness (QED) is 0.869. The Kier molecular flexibility index (Phi) is 4.78. The SMILES string of the molecule is C=C(C)Nc1ccc(OCC2=NCCCC=C2)cc1. The van der Waals surface area contributed by atoms with Crippen molar-refractivity contribution in [2.24, 2.45) is 4.99 Å². The molecule has 0 unspecified atom stereocenters. The normalized spacial score (nSPS) is 14.5. The summed E-state index contributed by atoms with van der Waals surface area (Å²) in [6, 6.07) is 7.86. The second kappa shape index (κ2) is 6.78. The summed E-state index contributed by atoms with van der Waals surface area (Å²) in [5.74, 6) is 0.854. The molecule has 0 saturated heterocycles. The molecule has 0 aromatic heterocycles. The van der Waals surface area contributed by atoms with E-state index in [2.05, 4.69) is 29.0 Å². The number of nitrogens with one attached hydrogen (secondary N) is 1. The third kappa shape index (κ3) is 4.62. The van der Waals surface area contributed by atoms with Gasteiger partial charge < -0.3 is 10.1 Å². The molecule has 1 aliphatic rings. The Hall–Kier alpha value is -2.03. The number of hydrogen-bond donors (Lipinski definition) is 1. The standard InChI is InChI=1S/C16H20N2O/c1-13(2)18-14-7-9-16(10-8-14)19-12-15-6-4-3-5-11-17-15/h4,6-10,18H,1,3,5,11-12H2,2H3. The highest BCUT2D eigenvalue weighted by atomic mass is 16.5. The largest absolute Gasteiger partial charge is 0.487 e. The lowest BCUT2D eigenvalue weighted by molar-refractivity contribution is 0.377. The molecule has 1 heterocycles. The van der Waals surface area contributed by atoms with Crippen LogP contribution in [0.25, 0.3) is 0 Å². The maximum atomic E-state index is 5.73. The average molecular weight is 256 g/mol. The topological polar surface area (TPSA) is 33.6 Å². The lowest BCUT2D eigenvalue weighted by atomic mass is 10.3. The van der Waals surface area contributed by atoms with Crippen molar-refractivity contribution >= 4 is 11.4 Å². The van der Waals surface area contributed by atoms with E-state index in [-0.39, 0.29) is 0 Å². The molecule has 0 fully saturated rings. The smallest absolute Gasteiger partial charge is 0.130 e. The summed E-state index contributed by atoms with van der Waals surface area (Å²) in [4.78, 5) is 4.48. The van der Waals surface area contributed by atoms with Crippen molar-refractivity contribution in [3.8, 4) is 5.75 Å². The van der Waals surface area contributed by atoms with Crippen LogP contribution in [-0.4, -0.2) is 18.9 Å². The molecule has 0 aliphatic carbocycles. The van der Waals surface area contributed by atoms with Crippen LogP contribution in [0.3, 0.4) is 0 Å². The molecule has 0 atom stereocenters.